The quantitative estimate of drug-likeness (QED) is 0.819. The van der Waals surface area contributed by atoms with E-state index in [-0.39, 0.29) is 0 Å². The number of benzene rings is 1. The van der Waals surface area contributed by atoms with E-state index in [0.29, 0.717) is 12.2 Å². The summed E-state index contributed by atoms with van der Waals surface area (Å²) in [5, 5.41) is 0. The minimum absolute atomic E-state index is 0.639. The fourth-order valence-electron chi connectivity index (χ4n) is 1.70. The summed E-state index contributed by atoms with van der Waals surface area (Å²) >= 11 is 0. The van der Waals surface area contributed by atoms with E-state index in [9.17, 15) is 13.2 Å². The monoisotopic (exact) mass is 281 g/mol. The first-order valence-electron chi connectivity index (χ1n) is 6.27. The molecule has 0 fully saturated rings. The van der Waals surface area contributed by atoms with Crippen molar-refractivity contribution in [2.45, 2.75) is 19.5 Å². The van der Waals surface area contributed by atoms with Gasteiger partial charge in [-0.15, -0.1) is 0 Å². The third kappa shape index (κ3) is 3.50. The number of rotatable bonds is 4. The summed E-state index contributed by atoms with van der Waals surface area (Å²) in [6.07, 6.45) is -2.26. The third-order valence-corrected chi connectivity index (χ3v) is 2.71. The zero-order valence-corrected chi connectivity index (χ0v) is 10.9. The van der Waals surface area contributed by atoms with E-state index >= 15 is 0 Å². The van der Waals surface area contributed by atoms with Crippen LogP contribution in [0.25, 0.3) is 11.1 Å². The zero-order valence-electron chi connectivity index (χ0n) is 10.9. The number of hydrogen-bond donors (Lipinski definition) is 0. The second-order valence-electron chi connectivity index (χ2n) is 4.30. The SMILES string of the molecule is CCCOc1ccc(-c2ccc(C(F)(F)F)nc2)cc1. The molecule has 0 atom stereocenters. The fraction of sp³-hybridized carbons (Fsp3) is 0.267. The van der Waals surface area contributed by atoms with Gasteiger partial charge in [0, 0.05) is 11.8 Å². The van der Waals surface area contributed by atoms with Gasteiger partial charge in [0.2, 0.25) is 0 Å². The van der Waals surface area contributed by atoms with Crippen LogP contribution in [0.2, 0.25) is 0 Å². The molecule has 0 saturated heterocycles. The first kappa shape index (κ1) is 14.4. The number of hydrogen-bond acceptors (Lipinski definition) is 2. The molecular weight excluding hydrogens is 267 g/mol. The summed E-state index contributed by atoms with van der Waals surface area (Å²) in [6.45, 7) is 2.66. The number of nitrogens with zero attached hydrogens (tertiary/aromatic N) is 1. The van der Waals surface area contributed by atoms with Crippen LogP contribution in [0.4, 0.5) is 13.2 Å². The fourth-order valence-corrected chi connectivity index (χ4v) is 1.70. The average molecular weight is 281 g/mol. The van der Waals surface area contributed by atoms with Crippen LogP contribution in [0.5, 0.6) is 5.75 Å². The van der Waals surface area contributed by atoms with Crippen LogP contribution in [0, 0.1) is 0 Å². The van der Waals surface area contributed by atoms with Gasteiger partial charge >= 0.3 is 6.18 Å². The van der Waals surface area contributed by atoms with Crippen LogP contribution in [-0.2, 0) is 6.18 Å². The smallest absolute Gasteiger partial charge is 0.433 e. The molecule has 0 saturated carbocycles. The lowest BCUT2D eigenvalue weighted by atomic mass is 10.1. The normalized spacial score (nSPS) is 11.4. The van der Waals surface area contributed by atoms with Crippen molar-refractivity contribution >= 4 is 0 Å². The topological polar surface area (TPSA) is 22.1 Å². The van der Waals surface area contributed by atoms with Crippen molar-refractivity contribution in [2.75, 3.05) is 6.61 Å². The van der Waals surface area contributed by atoms with Gasteiger partial charge in [0.1, 0.15) is 11.4 Å². The van der Waals surface area contributed by atoms with E-state index in [2.05, 4.69) is 4.98 Å². The highest BCUT2D eigenvalue weighted by Gasteiger charge is 2.31. The molecule has 0 unspecified atom stereocenters. The molecule has 2 nitrogen and oxygen atoms in total. The molecule has 1 aromatic heterocycles. The van der Waals surface area contributed by atoms with Crippen molar-refractivity contribution in [3.8, 4) is 16.9 Å². The molecule has 106 valence electrons. The Hall–Kier alpha value is -2.04. The Kier molecular flexibility index (Phi) is 4.27. The van der Waals surface area contributed by atoms with Gasteiger partial charge in [-0.3, -0.25) is 4.98 Å². The molecule has 2 rings (SSSR count). The van der Waals surface area contributed by atoms with Crippen molar-refractivity contribution in [1.82, 2.24) is 4.98 Å². The highest BCUT2D eigenvalue weighted by Crippen LogP contribution is 2.29. The number of ether oxygens (including phenoxy) is 1. The summed E-state index contributed by atoms with van der Waals surface area (Å²) in [5.74, 6) is 0.746. The molecule has 1 aromatic carbocycles. The van der Waals surface area contributed by atoms with Gasteiger partial charge in [-0.1, -0.05) is 25.1 Å². The Balaban J connectivity index is 2.15. The molecule has 2 aromatic rings. The minimum Gasteiger partial charge on any atom is -0.494 e. The van der Waals surface area contributed by atoms with E-state index in [0.717, 1.165) is 23.8 Å². The van der Waals surface area contributed by atoms with Gasteiger partial charge < -0.3 is 4.74 Å². The first-order chi connectivity index (χ1) is 9.50. The molecule has 0 N–H and O–H groups in total. The number of aromatic nitrogens is 1. The van der Waals surface area contributed by atoms with E-state index in [1.54, 1.807) is 24.3 Å². The minimum atomic E-state index is -4.41. The van der Waals surface area contributed by atoms with E-state index < -0.39 is 11.9 Å². The molecule has 0 amide bonds. The van der Waals surface area contributed by atoms with Crippen LogP contribution in [-0.4, -0.2) is 11.6 Å². The van der Waals surface area contributed by atoms with Gasteiger partial charge in [-0.05, 0) is 30.2 Å². The Morgan fingerprint density at radius 1 is 1.00 bits per heavy atom. The molecule has 20 heavy (non-hydrogen) atoms. The lowest BCUT2D eigenvalue weighted by Gasteiger charge is -2.08. The predicted octanol–water partition coefficient (Wildman–Crippen LogP) is 4.56. The summed E-state index contributed by atoms with van der Waals surface area (Å²) in [6, 6.07) is 9.59. The van der Waals surface area contributed by atoms with Crippen LogP contribution >= 0.6 is 0 Å². The first-order valence-corrected chi connectivity index (χ1v) is 6.27. The van der Waals surface area contributed by atoms with Gasteiger partial charge in [0.15, 0.2) is 0 Å². The van der Waals surface area contributed by atoms with Crippen molar-refractivity contribution in [1.29, 1.82) is 0 Å². The third-order valence-electron chi connectivity index (χ3n) is 2.71. The lowest BCUT2D eigenvalue weighted by Crippen LogP contribution is -2.07. The summed E-state index contributed by atoms with van der Waals surface area (Å²) in [4.78, 5) is 3.44. The summed E-state index contributed by atoms with van der Waals surface area (Å²) in [7, 11) is 0. The predicted molar refractivity (Wildman–Crippen MR) is 70.5 cm³/mol. The van der Waals surface area contributed by atoms with Crippen molar-refractivity contribution in [3.63, 3.8) is 0 Å². The highest BCUT2D eigenvalue weighted by atomic mass is 19.4. The maximum atomic E-state index is 12.4. The molecule has 0 aliphatic carbocycles. The van der Waals surface area contributed by atoms with Gasteiger partial charge in [-0.2, -0.15) is 13.2 Å². The van der Waals surface area contributed by atoms with Gasteiger partial charge in [-0.25, -0.2) is 0 Å². The number of alkyl halides is 3. The molecule has 1 heterocycles. The molecule has 0 bridgehead atoms. The van der Waals surface area contributed by atoms with Crippen molar-refractivity contribution in [2.24, 2.45) is 0 Å². The zero-order chi connectivity index (χ0) is 14.6. The second kappa shape index (κ2) is 5.94. The van der Waals surface area contributed by atoms with Crippen LogP contribution in [0.15, 0.2) is 42.6 Å². The van der Waals surface area contributed by atoms with Crippen LogP contribution in [0.1, 0.15) is 19.0 Å². The molecule has 5 heteroatoms. The van der Waals surface area contributed by atoms with E-state index in [1.807, 2.05) is 6.92 Å². The van der Waals surface area contributed by atoms with Crippen LogP contribution < -0.4 is 4.74 Å². The lowest BCUT2D eigenvalue weighted by molar-refractivity contribution is -0.141. The Morgan fingerprint density at radius 2 is 1.65 bits per heavy atom. The Labute approximate surface area is 115 Å². The number of halogens is 3. The maximum Gasteiger partial charge on any atom is 0.433 e. The maximum absolute atomic E-state index is 12.4. The molecule has 0 aliphatic rings. The molecule has 0 aliphatic heterocycles. The largest absolute Gasteiger partial charge is 0.494 e. The van der Waals surface area contributed by atoms with Crippen molar-refractivity contribution < 1.29 is 17.9 Å². The summed E-state index contributed by atoms with van der Waals surface area (Å²) < 4.78 is 42.7. The van der Waals surface area contributed by atoms with Gasteiger partial charge in [0.05, 0.1) is 6.61 Å². The Morgan fingerprint density at radius 3 is 2.15 bits per heavy atom. The second-order valence-corrected chi connectivity index (χ2v) is 4.30. The summed E-state index contributed by atoms with van der Waals surface area (Å²) in [5.41, 5.74) is 0.555. The molecule has 0 radical (unpaired) electrons. The van der Waals surface area contributed by atoms with Crippen molar-refractivity contribution in [3.05, 3.63) is 48.3 Å². The standard InChI is InChI=1S/C15H14F3NO/c1-2-9-20-13-6-3-11(4-7-13)12-5-8-14(19-10-12)15(16,17)18/h3-8,10H,2,9H2,1H3. The van der Waals surface area contributed by atoms with E-state index in [4.69, 9.17) is 4.74 Å². The Bertz CT molecular complexity index is 547. The molecule has 0 spiro atoms. The van der Waals surface area contributed by atoms with E-state index in [1.165, 1.54) is 12.3 Å². The van der Waals surface area contributed by atoms with Gasteiger partial charge in [0.25, 0.3) is 0 Å². The average Bonchev–Trinajstić information content (AvgIpc) is 2.45. The number of pyridine rings is 1. The molecular formula is C15H14F3NO. The van der Waals surface area contributed by atoms with Crippen LogP contribution in [0.3, 0.4) is 0 Å². The highest BCUT2D eigenvalue weighted by molar-refractivity contribution is 5.63.